The lowest BCUT2D eigenvalue weighted by Crippen LogP contribution is -2.49. The molecule has 0 heterocycles. The predicted molar refractivity (Wildman–Crippen MR) is 114 cm³/mol. The molecular weight excluding hydrogens is 336 g/mol. The second kappa shape index (κ2) is 8.73. The number of fused-ring (bicyclic) bond motifs is 1. The molecular formula is C23H42O2Si. The van der Waals surface area contributed by atoms with Gasteiger partial charge in [-0.2, -0.15) is 0 Å². The van der Waals surface area contributed by atoms with Gasteiger partial charge in [0.25, 0.3) is 0 Å². The Bertz CT molecular complexity index is 499. The van der Waals surface area contributed by atoms with Gasteiger partial charge in [-0.3, -0.25) is 4.79 Å². The van der Waals surface area contributed by atoms with Gasteiger partial charge < -0.3 is 4.43 Å². The Hall–Kier alpha value is -0.413. The second-order valence-electron chi connectivity index (χ2n) is 10.0. The van der Waals surface area contributed by atoms with E-state index in [0.717, 1.165) is 25.4 Å². The SMILES string of the molecule is CC(C)[Si](OC[C@H](C)[C@@H]1CC[C@@H](C)[C@@H]2CCC(=O)C=C21)(C(C)C)C(C)C. The Morgan fingerprint density at radius 3 is 2.12 bits per heavy atom. The van der Waals surface area contributed by atoms with Crippen molar-refractivity contribution in [3.05, 3.63) is 11.6 Å². The molecule has 1 saturated carbocycles. The van der Waals surface area contributed by atoms with Crippen LogP contribution in [-0.4, -0.2) is 20.7 Å². The van der Waals surface area contributed by atoms with Gasteiger partial charge in [0.05, 0.1) is 0 Å². The van der Waals surface area contributed by atoms with Crippen LogP contribution in [0.5, 0.6) is 0 Å². The van der Waals surface area contributed by atoms with Crippen LogP contribution in [0.1, 0.15) is 81.1 Å². The van der Waals surface area contributed by atoms with Gasteiger partial charge in [0.2, 0.25) is 0 Å². The highest BCUT2D eigenvalue weighted by atomic mass is 28.4. The van der Waals surface area contributed by atoms with Crippen LogP contribution in [0.25, 0.3) is 0 Å². The smallest absolute Gasteiger partial charge is 0.200 e. The second-order valence-corrected chi connectivity index (χ2v) is 15.5. The molecule has 26 heavy (non-hydrogen) atoms. The van der Waals surface area contributed by atoms with Crippen molar-refractivity contribution >= 4 is 14.1 Å². The Kier molecular flexibility index (Phi) is 7.35. The molecule has 3 heteroatoms. The number of ketones is 1. The van der Waals surface area contributed by atoms with E-state index in [0.29, 0.717) is 40.2 Å². The van der Waals surface area contributed by atoms with Crippen molar-refractivity contribution in [3.8, 4) is 0 Å². The van der Waals surface area contributed by atoms with E-state index in [2.05, 4.69) is 55.4 Å². The number of hydrogen-bond donors (Lipinski definition) is 0. The molecule has 0 amide bonds. The molecule has 4 atom stereocenters. The number of rotatable bonds is 7. The largest absolute Gasteiger partial charge is 0.416 e. The van der Waals surface area contributed by atoms with E-state index in [-0.39, 0.29) is 0 Å². The van der Waals surface area contributed by atoms with Crippen molar-refractivity contribution in [2.24, 2.45) is 23.7 Å². The van der Waals surface area contributed by atoms with Gasteiger partial charge in [0.15, 0.2) is 14.1 Å². The molecule has 0 radical (unpaired) electrons. The van der Waals surface area contributed by atoms with Crippen LogP contribution in [-0.2, 0) is 9.22 Å². The average molecular weight is 379 g/mol. The number of hydrogen-bond acceptors (Lipinski definition) is 2. The highest BCUT2D eigenvalue weighted by molar-refractivity contribution is 6.77. The van der Waals surface area contributed by atoms with E-state index in [4.69, 9.17) is 4.43 Å². The van der Waals surface area contributed by atoms with Crippen molar-refractivity contribution in [1.29, 1.82) is 0 Å². The molecule has 150 valence electrons. The lowest BCUT2D eigenvalue weighted by molar-refractivity contribution is -0.115. The molecule has 2 aliphatic rings. The van der Waals surface area contributed by atoms with Crippen LogP contribution in [0.2, 0.25) is 16.6 Å². The van der Waals surface area contributed by atoms with Crippen molar-refractivity contribution in [2.75, 3.05) is 6.61 Å². The minimum atomic E-state index is -1.81. The summed E-state index contributed by atoms with van der Waals surface area (Å²) in [7, 11) is -1.81. The molecule has 0 saturated heterocycles. The molecule has 0 bridgehead atoms. The first-order valence-electron chi connectivity index (χ1n) is 11.0. The Labute approximate surface area is 163 Å². The van der Waals surface area contributed by atoms with E-state index >= 15 is 0 Å². The van der Waals surface area contributed by atoms with Crippen molar-refractivity contribution in [3.63, 3.8) is 0 Å². The first-order valence-corrected chi connectivity index (χ1v) is 13.1. The molecule has 0 aliphatic heterocycles. The summed E-state index contributed by atoms with van der Waals surface area (Å²) in [5, 5.41) is 0. The Balaban J connectivity index is 2.15. The lowest BCUT2D eigenvalue weighted by Gasteiger charge is -2.45. The summed E-state index contributed by atoms with van der Waals surface area (Å²) in [4.78, 5) is 12.1. The molecule has 0 N–H and O–H groups in total. The summed E-state index contributed by atoms with van der Waals surface area (Å²) in [6.07, 6.45) is 6.36. The number of carbonyl (C=O) groups excluding carboxylic acids is 1. The van der Waals surface area contributed by atoms with Crippen molar-refractivity contribution in [2.45, 2.75) is 97.7 Å². The summed E-state index contributed by atoms with van der Waals surface area (Å²) in [5.41, 5.74) is 3.35. The van der Waals surface area contributed by atoms with Crippen molar-refractivity contribution in [1.82, 2.24) is 0 Å². The van der Waals surface area contributed by atoms with E-state index in [1.54, 1.807) is 0 Å². The first kappa shape index (κ1) is 21.9. The minimum absolute atomic E-state index is 0.346. The van der Waals surface area contributed by atoms with Crippen LogP contribution < -0.4 is 0 Å². The summed E-state index contributed by atoms with van der Waals surface area (Å²) in [5.74, 6) is 2.76. The maximum absolute atomic E-state index is 12.1. The van der Waals surface area contributed by atoms with Gasteiger partial charge in [-0.1, -0.05) is 61.0 Å². The van der Waals surface area contributed by atoms with Gasteiger partial charge in [0, 0.05) is 13.0 Å². The number of carbonyl (C=O) groups is 1. The fraction of sp³-hybridized carbons (Fsp3) is 0.870. The normalized spacial score (nSPS) is 28.5. The maximum Gasteiger partial charge on any atom is 0.200 e. The van der Waals surface area contributed by atoms with Crippen LogP contribution in [0.3, 0.4) is 0 Å². The summed E-state index contributed by atoms with van der Waals surface area (Å²) >= 11 is 0. The quantitative estimate of drug-likeness (QED) is 0.457. The van der Waals surface area contributed by atoms with Gasteiger partial charge in [-0.25, -0.2) is 0 Å². The summed E-state index contributed by atoms with van der Waals surface area (Å²) < 4.78 is 6.89. The van der Waals surface area contributed by atoms with E-state index < -0.39 is 8.32 Å². The molecule has 2 nitrogen and oxygen atoms in total. The highest BCUT2D eigenvalue weighted by Gasteiger charge is 2.46. The third-order valence-electron chi connectivity index (χ3n) is 7.50. The Morgan fingerprint density at radius 2 is 1.58 bits per heavy atom. The standard InChI is InChI=1S/C23H42O2Si/c1-15(2)26(16(3)4,17(5)6)25-14-19(8)22-11-9-18(7)21-12-10-20(24)13-23(21)22/h13,15-19,21-22H,9-12,14H2,1-8H3/t18-,19+,21+,22+/m1/s1. The first-order chi connectivity index (χ1) is 12.1. The van der Waals surface area contributed by atoms with E-state index in [1.165, 1.54) is 18.4 Å². The van der Waals surface area contributed by atoms with Crippen LogP contribution in [0.15, 0.2) is 11.6 Å². The van der Waals surface area contributed by atoms with Crippen LogP contribution in [0, 0.1) is 23.7 Å². The third-order valence-corrected chi connectivity index (χ3v) is 13.6. The molecule has 2 rings (SSSR count). The predicted octanol–water partition coefficient (Wildman–Crippen LogP) is 6.77. The molecule has 2 aliphatic carbocycles. The third kappa shape index (κ3) is 4.19. The van der Waals surface area contributed by atoms with Crippen molar-refractivity contribution < 1.29 is 9.22 Å². The van der Waals surface area contributed by atoms with Gasteiger partial charge in [-0.15, -0.1) is 0 Å². The molecule has 0 aromatic heterocycles. The van der Waals surface area contributed by atoms with E-state index in [9.17, 15) is 4.79 Å². The Morgan fingerprint density at radius 1 is 1.00 bits per heavy atom. The molecule has 0 aromatic carbocycles. The van der Waals surface area contributed by atoms with Gasteiger partial charge in [-0.05, 0) is 65.6 Å². The zero-order valence-corrected chi connectivity index (χ0v) is 19.5. The fourth-order valence-corrected chi connectivity index (χ4v) is 11.7. The zero-order chi connectivity index (χ0) is 19.6. The summed E-state index contributed by atoms with van der Waals surface area (Å²) in [6.45, 7) is 19.7. The summed E-state index contributed by atoms with van der Waals surface area (Å²) in [6, 6.07) is 0. The number of allylic oxidation sites excluding steroid dienone is 2. The highest BCUT2D eigenvalue weighted by Crippen LogP contribution is 2.47. The van der Waals surface area contributed by atoms with Crippen LogP contribution in [0.4, 0.5) is 0 Å². The lowest BCUT2D eigenvalue weighted by atomic mass is 9.64. The monoisotopic (exact) mass is 378 g/mol. The molecule has 0 unspecified atom stereocenters. The fourth-order valence-electron chi connectivity index (χ4n) is 6.14. The van der Waals surface area contributed by atoms with Crippen LogP contribution >= 0.6 is 0 Å². The van der Waals surface area contributed by atoms with E-state index in [1.807, 2.05) is 6.08 Å². The molecule has 0 aromatic rings. The minimum Gasteiger partial charge on any atom is -0.416 e. The molecule has 0 spiro atoms. The average Bonchev–Trinajstić information content (AvgIpc) is 2.54. The zero-order valence-electron chi connectivity index (χ0n) is 18.5. The molecule has 1 fully saturated rings. The van der Waals surface area contributed by atoms with Gasteiger partial charge in [0.1, 0.15) is 0 Å². The van der Waals surface area contributed by atoms with Gasteiger partial charge >= 0.3 is 0 Å². The topological polar surface area (TPSA) is 26.3 Å². The maximum atomic E-state index is 12.1.